The first-order valence-electron chi connectivity index (χ1n) is 6.69. The number of benzene rings is 1. The highest BCUT2D eigenvalue weighted by molar-refractivity contribution is 6.31. The predicted octanol–water partition coefficient (Wildman–Crippen LogP) is 2.64. The number of amides is 1. The molecule has 0 spiro atoms. The van der Waals surface area contributed by atoms with Gasteiger partial charge in [-0.3, -0.25) is 9.59 Å². The van der Waals surface area contributed by atoms with Crippen molar-refractivity contribution in [3.05, 3.63) is 28.8 Å². The lowest BCUT2D eigenvalue weighted by atomic mass is 10.0. The number of halogens is 1. The Hall–Kier alpha value is -1.75. The molecule has 5 nitrogen and oxygen atoms in total. The third-order valence-electron chi connectivity index (χ3n) is 3.04. The van der Waals surface area contributed by atoms with Crippen molar-refractivity contribution in [2.45, 2.75) is 33.2 Å². The van der Waals surface area contributed by atoms with E-state index in [1.54, 1.807) is 18.2 Å². The molecule has 0 fully saturated rings. The topological polar surface area (TPSA) is 75.6 Å². The van der Waals surface area contributed by atoms with E-state index in [1.165, 1.54) is 0 Å². The van der Waals surface area contributed by atoms with Crippen LogP contribution in [0, 0.1) is 12.8 Å². The van der Waals surface area contributed by atoms with E-state index in [-0.39, 0.29) is 24.9 Å². The number of aliphatic carboxylic acids is 1. The number of hydrogen-bond donors (Lipinski definition) is 2. The number of ether oxygens (including phenoxy) is 1. The molecule has 0 aliphatic heterocycles. The minimum absolute atomic E-state index is 0.0304. The number of rotatable bonds is 7. The van der Waals surface area contributed by atoms with Crippen molar-refractivity contribution in [3.8, 4) is 5.75 Å². The molecule has 0 aliphatic carbocycles. The van der Waals surface area contributed by atoms with Gasteiger partial charge in [-0.05, 0) is 36.6 Å². The Balaban J connectivity index is 2.52. The van der Waals surface area contributed by atoms with Gasteiger partial charge in [0.1, 0.15) is 5.75 Å². The van der Waals surface area contributed by atoms with E-state index >= 15 is 0 Å². The van der Waals surface area contributed by atoms with E-state index in [1.807, 2.05) is 20.8 Å². The lowest BCUT2D eigenvalue weighted by Gasteiger charge is -2.20. The zero-order chi connectivity index (χ0) is 16.0. The number of carboxylic acids is 1. The summed E-state index contributed by atoms with van der Waals surface area (Å²) in [7, 11) is 0. The quantitative estimate of drug-likeness (QED) is 0.811. The molecular formula is C15H20ClNO4. The van der Waals surface area contributed by atoms with Crippen LogP contribution in [-0.4, -0.2) is 29.6 Å². The van der Waals surface area contributed by atoms with Crippen LogP contribution in [0.3, 0.4) is 0 Å². The minimum Gasteiger partial charge on any atom is -0.484 e. The number of hydrogen-bond acceptors (Lipinski definition) is 3. The molecule has 2 N–H and O–H groups in total. The highest BCUT2D eigenvalue weighted by atomic mass is 35.5. The lowest BCUT2D eigenvalue weighted by Crippen LogP contribution is -2.42. The van der Waals surface area contributed by atoms with Crippen LogP contribution < -0.4 is 10.1 Å². The van der Waals surface area contributed by atoms with Gasteiger partial charge in [0.05, 0.1) is 6.42 Å². The second-order valence-corrected chi connectivity index (χ2v) is 5.62. The molecule has 1 unspecified atom stereocenters. The van der Waals surface area contributed by atoms with Gasteiger partial charge in [-0.1, -0.05) is 25.4 Å². The van der Waals surface area contributed by atoms with E-state index in [0.29, 0.717) is 10.8 Å². The summed E-state index contributed by atoms with van der Waals surface area (Å²) in [6.45, 7) is 5.40. The van der Waals surface area contributed by atoms with Crippen LogP contribution in [0.25, 0.3) is 0 Å². The fraction of sp³-hybridized carbons (Fsp3) is 0.467. The first-order chi connectivity index (χ1) is 9.79. The standard InChI is InChI=1S/C15H20ClNO4/c1-9(2)13(7-15(19)20)17-14(18)8-21-11-4-5-12(16)10(3)6-11/h4-6,9,13H,7-8H2,1-3H3,(H,17,18)(H,19,20). The van der Waals surface area contributed by atoms with E-state index in [0.717, 1.165) is 5.56 Å². The van der Waals surface area contributed by atoms with Crippen LogP contribution in [0.15, 0.2) is 18.2 Å². The van der Waals surface area contributed by atoms with Crippen molar-refractivity contribution in [2.24, 2.45) is 5.92 Å². The molecule has 116 valence electrons. The highest BCUT2D eigenvalue weighted by Crippen LogP contribution is 2.20. The summed E-state index contributed by atoms with van der Waals surface area (Å²) < 4.78 is 5.37. The van der Waals surface area contributed by atoms with Gasteiger partial charge in [0.25, 0.3) is 5.91 Å². The Morgan fingerprint density at radius 3 is 2.57 bits per heavy atom. The molecule has 0 aromatic heterocycles. The molecule has 1 amide bonds. The largest absolute Gasteiger partial charge is 0.484 e. The summed E-state index contributed by atoms with van der Waals surface area (Å²) >= 11 is 5.91. The van der Waals surface area contributed by atoms with Crippen LogP contribution in [-0.2, 0) is 9.59 Å². The summed E-state index contributed by atoms with van der Waals surface area (Å²) in [5.41, 5.74) is 0.862. The number of aryl methyl sites for hydroxylation is 1. The van der Waals surface area contributed by atoms with Crippen LogP contribution in [0.1, 0.15) is 25.8 Å². The third-order valence-corrected chi connectivity index (χ3v) is 3.47. The molecule has 0 saturated heterocycles. The van der Waals surface area contributed by atoms with Crippen LogP contribution in [0.5, 0.6) is 5.75 Å². The molecule has 1 aromatic carbocycles. The first-order valence-corrected chi connectivity index (χ1v) is 7.07. The Labute approximate surface area is 129 Å². The second-order valence-electron chi connectivity index (χ2n) is 5.22. The van der Waals surface area contributed by atoms with Gasteiger partial charge in [-0.25, -0.2) is 0 Å². The Bertz CT molecular complexity index is 516. The summed E-state index contributed by atoms with van der Waals surface area (Å²) in [5.74, 6) is -0.708. The van der Waals surface area contributed by atoms with Crippen molar-refractivity contribution in [3.63, 3.8) is 0 Å². The van der Waals surface area contributed by atoms with Crippen LogP contribution >= 0.6 is 11.6 Å². The number of nitrogens with one attached hydrogen (secondary N) is 1. The SMILES string of the molecule is Cc1cc(OCC(=O)NC(CC(=O)O)C(C)C)ccc1Cl. The van der Waals surface area contributed by atoms with Crippen LogP contribution in [0.2, 0.25) is 5.02 Å². The Kier molecular flexibility index (Phi) is 6.49. The molecule has 0 saturated carbocycles. The average Bonchev–Trinajstić information content (AvgIpc) is 2.38. The molecule has 0 radical (unpaired) electrons. The fourth-order valence-corrected chi connectivity index (χ4v) is 1.86. The maximum atomic E-state index is 11.8. The smallest absolute Gasteiger partial charge is 0.305 e. The summed E-state index contributed by atoms with van der Waals surface area (Å²) in [5, 5.41) is 12.1. The van der Waals surface area contributed by atoms with E-state index in [9.17, 15) is 9.59 Å². The van der Waals surface area contributed by atoms with E-state index < -0.39 is 12.0 Å². The number of carbonyl (C=O) groups excluding carboxylic acids is 1. The van der Waals surface area contributed by atoms with E-state index in [4.69, 9.17) is 21.4 Å². The molecule has 1 atom stereocenters. The van der Waals surface area contributed by atoms with Crippen molar-refractivity contribution < 1.29 is 19.4 Å². The molecule has 0 bridgehead atoms. The van der Waals surface area contributed by atoms with E-state index in [2.05, 4.69) is 5.32 Å². The molecule has 21 heavy (non-hydrogen) atoms. The minimum atomic E-state index is -0.941. The Morgan fingerprint density at radius 1 is 1.38 bits per heavy atom. The average molecular weight is 314 g/mol. The van der Waals surface area contributed by atoms with Crippen molar-refractivity contribution in [1.29, 1.82) is 0 Å². The molecule has 1 rings (SSSR count). The van der Waals surface area contributed by atoms with Gasteiger partial charge in [0, 0.05) is 11.1 Å². The van der Waals surface area contributed by atoms with Gasteiger partial charge >= 0.3 is 5.97 Å². The molecule has 0 aliphatic rings. The van der Waals surface area contributed by atoms with Gasteiger partial charge in [0.15, 0.2) is 6.61 Å². The second kappa shape index (κ2) is 7.88. The molecule has 1 aromatic rings. The Morgan fingerprint density at radius 2 is 2.05 bits per heavy atom. The van der Waals surface area contributed by atoms with Gasteiger partial charge in [0.2, 0.25) is 0 Å². The number of carboxylic acid groups (broad SMARTS) is 1. The first kappa shape index (κ1) is 17.3. The van der Waals surface area contributed by atoms with Gasteiger partial charge in [-0.2, -0.15) is 0 Å². The number of carbonyl (C=O) groups is 2. The third kappa shape index (κ3) is 6.04. The lowest BCUT2D eigenvalue weighted by molar-refractivity contribution is -0.138. The molecule has 0 heterocycles. The summed E-state index contributed by atoms with van der Waals surface area (Å²) in [6.07, 6.45) is -0.108. The monoisotopic (exact) mass is 313 g/mol. The van der Waals surface area contributed by atoms with Crippen molar-refractivity contribution in [2.75, 3.05) is 6.61 Å². The fourth-order valence-electron chi connectivity index (χ4n) is 1.75. The zero-order valence-corrected chi connectivity index (χ0v) is 13.1. The predicted molar refractivity (Wildman–Crippen MR) is 80.7 cm³/mol. The van der Waals surface area contributed by atoms with Gasteiger partial charge in [-0.15, -0.1) is 0 Å². The molecule has 6 heteroatoms. The van der Waals surface area contributed by atoms with Crippen molar-refractivity contribution in [1.82, 2.24) is 5.32 Å². The summed E-state index contributed by atoms with van der Waals surface area (Å²) in [4.78, 5) is 22.6. The van der Waals surface area contributed by atoms with Crippen molar-refractivity contribution >= 4 is 23.5 Å². The maximum Gasteiger partial charge on any atom is 0.305 e. The summed E-state index contributed by atoms with van der Waals surface area (Å²) in [6, 6.07) is 4.71. The maximum absolute atomic E-state index is 11.8. The van der Waals surface area contributed by atoms with Gasteiger partial charge < -0.3 is 15.2 Å². The zero-order valence-electron chi connectivity index (χ0n) is 12.4. The molecular weight excluding hydrogens is 294 g/mol. The van der Waals surface area contributed by atoms with Crippen LogP contribution in [0.4, 0.5) is 0 Å². The normalized spacial score (nSPS) is 12.0. The highest BCUT2D eigenvalue weighted by Gasteiger charge is 2.19.